The van der Waals surface area contributed by atoms with Gasteiger partial charge in [0, 0.05) is 9.79 Å². The number of hydrogen-bond donors (Lipinski definition) is 0. The van der Waals surface area contributed by atoms with Crippen LogP contribution in [0.1, 0.15) is 0 Å². The Hall–Kier alpha value is -2.28. The monoisotopic (exact) mass is 558 g/mol. The van der Waals surface area contributed by atoms with Gasteiger partial charge in [0.25, 0.3) is 0 Å². The van der Waals surface area contributed by atoms with E-state index < -0.39 is 5.69 Å². The fourth-order valence-corrected chi connectivity index (χ4v) is 9.69. The van der Waals surface area contributed by atoms with Crippen molar-refractivity contribution in [3.8, 4) is 11.5 Å². The highest BCUT2D eigenvalue weighted by Gasteiger charge is 2.34. The van der Waals surface area contributed by atoms with Crippen LogP contribution in [0.5, 0.6) is 11.5 Å². The van der Waals surface area contributed by atoms with Gasteiger partial charge in [0.2, 0.25) is 5.69 Å². The fraction of sp³-hybridized carbons (Fsp3) is 0.0769. The van der Waals surface area contributed by atoms with Crippen LogP contribution in [0.2, 0.25) is 0 Å². The van der Waals surface area contributed by atoms with Gasteiger partial charge in [-0.05, 0) is 120 Å². The average molecular weight is 559 g/mol. The maximum Gasteiger partial charge on any atom is 0.233 e. The summed E-state index contributed by atoms with van der Waals surface area (Å²) in [5.41, 5.74) is -1.02. The molecular weight excluding hydrogens is 535 g/mol. The van der Waals surface area contributed by atoms with Gasteiger partial charge in [-0.3, -0.25) is 8.15 Å². The summed E-state index contributed by atoms with van der Waals surface area (Å²) in [6.45, 7) is 0. The summed E-state index contributed by atoms with van der Waals surface area (Å²) in [5.74, 6) is 1.60. The molecule has 0 aliphatic heterocycles. The summed E-state index contributed by atoms with van der Waals surface area (Å²) in [5, 5.41) is 0. The molecule has 0 radical (unpaired) electrons. The second kappa shape index (κ2) is 12.1. The van der Waals surface area contributed by atoms with Crippen LogP contribution in [0.3, 0.4) is 0 Å². The van der Waals surface area contributed by atoms with Crippen LogP contribution in [0.25, 0.3) is 0 Å². The van der Waals surface area contributed by atoms with Crippen molar-refractivity contribution >= 4 is 64.0 Å². The molecule has 0 saturated carbocycles. The molecule has 0 aromatic heterocycles. The predicted octanol–water partition coefficient (Wildman–Crippen LogP) is 8.89. The molecule has 0 saturated heterocycles. The normalized spacial score (nSPS) is 11.1. The first-order valence-electron chi connectivity index (χ1n) is 10.7. The first-order valence-corrected chi connectivity index (χ1v) is 15.8. The molecule has 4 rings (SSSR count). The highest BCUT2D eigenvalue weighted by molar-refractivity contribution is 8.37. The van der Waals surface area contributed by atoms with E-state index in [2.05, 4.69) is 8.15 Å². The molecule has 0 atom stereocenters. The molecule has 0 N–H and O–H groups in total. The van der Waals surface area contributed by atoms with Crippen molar-refractivity contribution in [3.05, 3.63) is 109 Å². The van der Waals surface area contributed by atoms with Crippen LogP contribution in [0.4, 0.5) is 11.4 Å². The second-order valence-electron chi connectivity index (χ2n) is 7.22. The summed E-state index contributed by atoms with van der Waals surface area (Å²) in [6.07, 6.45) is 0. The number of hydrogen-bond acceptors (Lipinski definition) is 5. The van der Waals surface area contributed by atoms with Crippen LogP contribution < -0.4 is 17.6 Å². The molecule has 0 aliphatic rings. The number of rotatable bonds is 10. The van der Waals surface area contributed by atoms with Crippen molar-refractivity contribution in [3.63, 3.8) is 0 Å². The number of methoxy groups -OCH3 is 2. The van der Waals surface area contributed by atoms with E-state index in [0.717, 1.165) is 32.7 Å². The highest BCUT2D eigenvalue weighted by atomic mass is 35.7. The van der Waals surface area contributed by atoms with Crippen molar-refractivity contribution < 1.29 is 9.47 Å². The van der Waals surface area contributed by atoms with E-state index in [0.29, 0.717) is 0 Å². The van der Waals surface area contributed by atoms with Gasteiger partial charge in [-0.15, -0.1) is 0 Å². The first-order chi connectivity index (χ1) is 17.0. The van der Waals surface area contributed by atoms with Gasteiger partial charge in [-0.2, -0.15) is 0 Å². The topological polar surface area (TPSA) is 24.9 Å². The van der Waals surface area contributed by atoms with Crippen LogP contribution in [0.15, 0.2) is 119 Å². The molecule has 4 aromatic rings. The summed E-state index contributed by atoms with van der Waals surface area (Å²) in [6, 6.07) is 35.8. The molecule has 35 heavy (non-hydrogen) atoms. The molecule has 0 aliphatic carbocycles. The lowest BCUT2D eigenvalue weighted by atomic mass is 10.3. The Morgan fingerprint density at radius 1 is 0.600 bits per heavy atom. The molecule has 0 spiro atoms. The minimum atomic E-state index is -2.89. The number of benzene rings is 4. The minimum Gasteiger partial charge on any atom is -0.497 e. The van der Waals surface area contributed by atoms with Crippen LogP contribution in [-0.2, 0) is 11.8 Å². The molecule has 0 unspecified atom stereocenters. The van der Waals surface area contributed by atoms with E-state index >= 15 is 0 Å². The number of halogens is 1. The lowest BCUT2D eigenvalue weighted by Crippen LogP contribution is -2.20. The average Bonchev–Trinajstić information content (AvgIpc) is 2.91. The zero-order valence-corrected chi connectivity index (χ0v) is 23.3. The molecule has 4 aromatic carbocycles. The van der Waals surface area contributed by atoms with Gasteiger partial charge < -0.3 is 9.47 Å². The lowest BCUT2D eigenvalue weighted by Gasteiger charge is -2.38. The van der Waals surface area contributed by atoms with Gasteiger partial charge in [-0.1, -0.05) is 36.4 Å². The van der Waals surface area contributed by atoms with Gasteiger partial charge in [0.15, 0.2) is 0 Å². The standard InChI is InChI=1S/C26H24ClN2O2PS3/c1-30-23-13-17-25(18-14-23)34-28(21-9-5-3-6-10-21)32(27,33)29(22-11-7-4-8-12-22)35-26-19-15-24(31-2)16-20-26/h3-20H,1-2H3. The second-order valence-corrected chi connectivity index (χ2v) is 15.1. The smallest absolute Gasteiger partial charge is 0.233 e. The third-order valence-corrected chi connectivity index (χ3v) is 12.9. The van der Waals surface area contributed by atoms with E-state index in [1.54, 1.807) is 14.2 Å². The summed E-state index contributed by atoms with van der Waals surface area (Å²) >= 11 is 16.8. The fourth-order valence-electron chi connectivity index (χ4n) is 3.15. The van der Waals surface area contributed by atoms with Crippen molar-refractivity contribution in [1.82, 2.24) is 0 Å². The molecule has 0 amide bonds. The number of para-hydroxylation sites is 2. The van der Waals surface area contributed by atoms with Crippen molar-refractivity contribution in [1.29, 1.82) is 0 Å². The Kier molecular flexibility index (Phi) is 8.93. The summed E-state index contributed by atoms with van der Waals surface area (Å²) in [4.78, 5) is 2.01. The van der Waals surface area contributed by atoms with Crippen molar-refractivity contribution in [2.75, 3.05) is 22.4 Å². The lowest BCUT2D eigenvalue weighted by molar-refractivity contribution is 0.414. The summed E-state index contributed by atoms with van der Waals surface area (Å²) < 4.78 is 14.7. The largest absolute Gasteiger partial charge is 0.497 e. The quantitative estimate of drug-likeness (QED) is 0.141. The summed E-state index contributed by atoms with van der Waals surface area (Å²) in [7, 11) is 3.32. The SMILES string of the molecule is COc1ccc(SN(c2ccccc2)P(=S)(Cl)N(Sc2ccc(OC)cc2)c2ccccc2)cc1. The molecule has 0 heterocycles. The number of ether oxygens (including phenoxy) is 2. The van der Waals surface area contributed by atoms with Crippen LogP contribution in [-0.4, -0.2) is 14.2 Å². The maximum absolute atomic E-state index is 7.44. The van der Waals surface area contributed by atoms with Gasteiger partial charge in [-0.25, -0.2) is 0 Å². The molecule has 9 heteroatoms. The van der Waals surface area contributed by atoms with E-state index in [4.69, 9.17) is 32.5 Å². The van der Waals surface area contributed by atoms with Crippen molar-refractivity contribution in [2.24, 2.45) is 0 Å². The molecule has 180 valence electrons. The predicted molar refractivity (Wildman–Crippen MR) is 156 cm³/mol. The first kappa shape index (κ1) is 25.8. The minimum absolute atomic E-state index is 0.798. The zero-order chi connectivity index (χ0) is 24.7. The van der Waals surface area contributed by atoms with E-state index in [-0.39, 0.29) is 0 Å². The highest BCUT2D eigenvalue weighted by Crippen LogP contribution is 2.68. The number of anilines is 2. The van der Waals surface area contributed by atoms with Gasteiger partial charge in [0.1, 0.15) is 11.5 Å². The van der Waals surface area contributed by atoms with E-state index in [9.17, 15) is 0 Å². The zero-order valence-electron chi connectivity index (χ0n) is 19.2. The Bertz CT molecular complexity index is 1170. The third-order valence-electron chi connectivity index (χ3n) is 4.90. The van der Waals surface area contributed by atoms with E-state index in [1.807, 2.05) is 109 Å². The third kappa shape index (κ3) is 6.49. The Morgan fingerprint density at radius 2 is 0.943 bits per heavy atom. The number of nitrogens with zero attached hydrogens (tertiary/aromatic N) is 2. The van der Waals surface area contributed by atoms with Crippen LogP contribution in [0, 0.1) is 0 Å². The molecule has 4 nitrogen and oxygen atoms in total. The van der Waals surface area contributed by atoms with Crippen molar-refractivity contribution in [2.45, 2.75) is 9.79 Å². The van der Waals surface area contributed by atoms with Crippen LogP contribution >= 0.6 is 40.8 Å². The molecular formula is C26H24ClN2O2PS3. The maximum atomic E-state index is 7.44. The Labute approximate surface area is 225 Å². The van der Waals surface area contributed by atoms with Gasteiger partial charge in [0.05, 0.1) is 25.6 Å². The van der Waals surface area contributed by atoms with E-state index in [1.165, 1.54) is 23.9 Å². The molecule has 0 bridgehead atoms. The molecule has 0 fully saturated rings. The Balaban J connectivity index is 1.75. The Morgan fingerprint density at radius 3 is 1.26 bits per heavy atom. The van der Waals surface area contributed by atoms with Gasteiger partial charge >= 0.3 is 0 Å².